The number of aromatic nitrogens is 2. The highest BCUT2D eigenvalue weighted by Crippen LogP contribution is 2.14. The van der Waals surface area contributed by atoms with Gasteiger partial charge in [0.05, 0.1) is 23.8 Å². The summed E-state index contributed by atoms with van der Waals surface area (Å²) in [6.07, 6.45) is 1.84. The number of hydrogen-bond donors (Lipinski definition) is 0. The summed E-state index contributed by atoms with van der Waals surface area (Å²) in [4.78, 5) is 27.6. The molecule has 1 heterocycles. The zero-order valence-electron chi connectivity index (χ0n) is 9.31. The van der Waals surface area contributed by atoms with Gasteiger partial charge in [0.25, 0.3) is 5.56 Å². The molecular formula is C12H11BrN2O2. The highest BCUT2D eigenvalue weighted by molar-refractivity contribution is 9.10. The van der Waals surface area contributed by atoms with Crippen LogP contribution < -0.4 is 5.56 Å². The van der Waals surface area contributed by atoms with Gasteiger partial charge in [0.15, 0.2) is 5.78 Å². The lowest BCUT2D eigenvalue weighted by atomic mass is 10.2. The van der Waals surface area contributed by atoms with Crippen molar-refractivity contribution in [2.75, 3.05) is 0 Å². The summed E-state index contributed by atoms with van der Waals surface area (Å²) in [7, 11) is 0. The van der Waals surface area contributed by atoms with Gasteiger partial charge in [-0.25, -0.2) is 4.98 Å². The number of rotatable bonds is 3. The van der Waals surface area contributed by atoms with E-state index in [9.17, 15) is 9.59 Å². The van der Waals surface area contributed by atoms with E-state index < -0.39 is 0 Å². The summed E-state index contributed by atoms with van der Waals surface area (Å²) in [6, 6.07) is 5.32. The predicted molar refractivity (Wildman–Crippen MR) is 69.0 cm³/mol. The number of benzene rings is 1. The van der Waals surface area contributed by atoms with Crippen molar-refractivity contribution in [1.82, 2.24) is 9.55 Å². The molecule has 0 atom stereocenters. The standard InChI is InChI=1S/C12H11BrN2O2/c1-2-9(16)6-15-7-14-11-4-3-8(13)5-10(11)12(15)17/h3-5,7H,2,6H2,1H3. The number of hydrogen-bond acceptors (Lipinski definition) is 3. The maximum Gasteiger partial charge on any atom is 0.261 e. The second-order valence-corrected chi connectivity index (χ2v) is 4.65. The van der Waals surface area contributed by atoms with Gasteiger partial charge in [-0.05, 0) is 18.2 Å². The highest BCUT2D eigenvalue weighted by Gasteiger charge is 2.07. The smallest absolute Gasteiger partial charge is 0.261 e. The molecule has 0 radical (unpaired) electrons. The Balaban J connectivity index is 2.57. The summed E-state index contributed by atoms with van der Waals surface area (Å²) in [5.74, 6) is 0.0169. The van der Waals surface area contributed by atoms with E-state index in [-0.39, 0.29) is 17.9 Å². The maximum atomic E-state index is 12.1. The fourth-order valence-electron chi connectivity index (χ4n) is 1.55. The van der Waals surface area contributed by atoms with E-state index in [1.165, 1.54) is 10.9 Å². The molecule has 0 spiro atoms. The first-order chi connectivity index (χ1) is 8.11. The normalized spacial score (nSPS) is 10.7. The number of ketones is 1. The molecule has 4 nitrogen and oxygen atoms in total. The van der Waals surface area contributed by atoms with E-state index in [1.54, 1.807) is 19.1 Å². The summed E-state index contributed by atoms with van der Waals surface area (Å²) in [5, 5.41) is 0.519. The molecule has 0 amide bonds. The molecule has 5 heteroatoms. The fourth-order valence-corrected chi connectivity index (χ4v) is 1.91. The van der Waals surface area contributed by atoms with Gasteiger partial charge in [0.1, 0.15) is 0 Å². The van der Waals surface area contributed by atoms with Crippen LogP contribution >= 0.6 is 15.9 Å². The van der Waals surface area contributed by atoms with Crippen LogP contribution in [0.3, 0.4) is 0 Å². The summed E-state index contributed by atoms with van der Waals surface area (Å²) in [5.41, 5.74) is 0.455. The Kier molecular flexibility index (Phi) is 3.38. The van der Waals surface area contributed by atoms with E-state index in [4.69, 9.17) is 0 Å². The second kappa shape index (κ2) is 4.79. The molecule has 0 saturated heterocycles. The minimum absolute atomic E-state index is 0.0169. The molecule has 2 rings (SSSR count). The average molecular weight is 295 g/mol. The molecule has 0 fully saturated rings. The quantitative estimate of drug-likeness (QED) is 0.871. The lowest BCUT2D eigenvalue weighted by molar-refractivity contribution is -0.119. The number of nitrogens with zero attached hydrogens (tertiary/aromatic N) is 2. The van der Waals surface area contributed by atoms with Crippen molar-refractivity contribution in [2.45, 2.75) is 19.9 Å². The van der Waals surface area contributed by atoms with Crippen molar-refractivity contribution in [1.29, 1.82) is 0 Å². The van der Waals surface area contributed by atoms with Crippen LogP contribution in [0.25, 0.3) is 10.9 Å². The van der Waals surface area contributed by atoms with Crippen LogP contribution in [-0.4, -0.2) is 15.3 Å². The van der Waals surface area contributed by atoms with Crippen molar-refractivity contribution in [2.24, 2.45) is 0 Å². The van der Waals surface area contributed by atoms with Gasteiger partial charge in [-0.15, -0.1) is 0 Å². The van der Waals surface area contributed by atoms with Crippen LogP contribution in [0.4, 0.5) is 0 Å². The Labute approximate surface area is 106 Å². The third kappa shape index (κ3) is 2.44. The number of halogens is 1. The summed E-state index contributed by atoms with van der Waals surface area (Å²) < 4.78 is 2.17. The van der Waals surface area contributed by atoms with Crippen LogP contribution in [0.5, 0.6) is 0 Å². The molecular weight excluding hydrogens is 284 g/mol. The van der Waals surface area contributed by atoms with Crippen molar-refractivity contribution in [3.63, 3.8) is 0 Å². The average Bonchev–Trinajstić information content (AvgIpc) is 2.33. The first kappa shape index (κ1) is 12.0. The van der Waals surface area contributed by atoms with Gasteiger partial charge in [0.2, 0.25) is 0 Å². The topological polar surface area (TPSA) is 52.0 Å². The van der Waals surface area contributed by atoms with Crippen LogP contribution in [-0.2, 0) is 11.3 Å². The molecule has 17 heavy (non-hydrogen) atoms. The van der Waals surface area contributed by atoms with E-state index in [1.807, 2.05) is 6.07 Å². The van der Waals surface area contributed by atoms with Gasteiger partial charge in [-0.1, -0.05) is 22.9 Å². The fraction of sp³-hybridized carbons (Fsp3) is 0.250. The van der Waals surface area contributed by atoms with Gasteiger partial charge in [-0.3, -0.25) is 14.2 Å². The van der Waals surface area contributed by atoms with Crippen molar-refractivity contribution >= 4 is 32.6 Å². The first-order valence-corrected chi connectivity index (χ1v) is 6.07. The minimum atomic E-state index is -0.182. The molecule has 0 aliphatic rings. The van der Waals surface area contributed by atoms with E-state index in [2.05, 4.69) is 20.9 Å². The van der Waals surface area contributed by atoms with Gasteiger partial charge in [0, 0.05) is 10.9 Å². The van der Waals surface area contributed by atoms with E-state index in [0.717, 1.165) is 4.47 Å². The van der Waals surface area contributed by atoms with Crippen LogP contribution in [0.15, 0.2) is 33.8 Å². The predicted octanol–water partition coefficient (Wildman–Crippen LogP) is 2.14. The zero-order valence-corrected chi connectivity index (χ0v) is 10.9. The second-order valence-electron chi connectivity index (χ2n) is 3.73. The van der Waals surface area contributed by atoms with Gasteiger partial charge >= 0.3 is 0 Å². The lowest BCUT2D eigenvalue weighted by Crippen LogP contribution is -2.24. The number of carbonyl (C=O) groups excluding carboxylic acids is 1. The van der Waals surface area contributed by atoms with E-state index in [0.29, 0.717) is 17.3 Å². The van der Waals surface area contributed by atoms with Crippen LogP contribution in [0, 0.1) is 0 Å². The molecule has 0 saturated carbocycles. The molecule has 0 aliphatic heterocycles. The molecule has 1 aromatic carbocycles. The van der Waals surface area contributed by atoms with Gasteiger partial charge < -0.3 is 0 Å². The first-order valence-electron chi connectivity index (χ1n) is 5.28. The number of fused-ring (bicyclic) bond motifs is 1. The van der Waals surface area contributed by atoms with Crippen molar-refractivity contribution in [3.8, 4) is 0 Å². The van der Waals surface area contributed by atoms with E-state index >= 15 is 0 Å². The molecule has 2 aromatic rings. The Bertz CT molecular complexity index is 634. The van der Waals surface area contributed by atoms with Crippen molar-refractivity contribution in [3.05, 3.63) is 39.4 Å². The monoisotopic (exact) mass is 294 g/mol. The molecule has 0 aliphatic carbocycles. The Hall–Kier alpha value is -1.49. The summed E-state index contributed by atoms with van der Waals surface area (Å²) in [6.45, 7) is 1.86. The van der Waals surface area contributed by atoms with Crippen LogP contribution in [0.1, 0.15) is 13.3 Å². The molecule has 88 valence electrons. The molecule has 0 unspecified atom stereocenters. The third-order valence-electron chi connectivity index (χ3n) is 2.53. The Morgan fingerprint density at radius 1 is 1.47 bits per heavy atom. The molecule has 1 aromatic heterocycles. The summed E-state index contributed by atoms with van der Waals surface area (Å²) >= 11 is 3.31. The van der Waals surface area contributed by atoms with Crippen LogP contribution in [0.2, 0.25) is 0 Å². The number of Topliss-reactive ketones (excluding diaryl/α,β-unsaturated/α-hetero) is 1. The third-order valence-corrected chi connectivity index (χ3v) is 3.02. The van der Waals surface area contributed by atoms with Gasteiger partial charge in [-0.2, -0.15) is 0 Å². The zero-order chi connectivity index (χ0) is 12.4. The molecule has 0 bridgehead atoms. The largest absolute Gasteiger partial charge is 0.298 e. The Morgan fingerprint density at radius 3 is 2.94 bits per heavy atom. The Morgan fingerprint density at radius 2 is 2.24 bits per heavy atom. The highest BCUT2D eigenvalue weighted by atomic mass is 79.9. The molecule has 0 N–H and O–H groups in total. The lowest BCUT2D eigenvalue weighted by Gasteiger charge is -2.05. The minimum Gasteiger partial charge on any atom is -0.298 e. The maximum absolute atomic E-state index is 12.1. The number of carbonyl (C=O) groups is 1. The van der Waals surface area contributed by atoms with Crippen molar-refractivity contribution < 1.29 is 4.79 Å². The SMILES string of the molecule is CCC(=O)Cn1cnc2ccc(Br)cc2c1=O.